The van der Waals surface area contributed by atoms with Crippen LogP contribution in [0.2, 0.25) is 10.0 Å². The number of carbonyl (C=O) groups is 2. The van der Waals surface area contributed by atoms with Gasteiger partial charge in [-0.15, -0.1) is 0 Å². The molecule has 2 amide bonds. The standard InChI is InChI=1S/C17H15Cl2N3O3/c1-10(21-22-17(24)25-2)11-4-3-5-13(8-11)20-16(23)14-7-6-12(18)9-15(14)19/h3-9H,1-2H3,(H,20,23)(H,22,24)/b21-10+. The number of hydrogen-bond donors (Lipinski definition) is 2. The second kappa shape index (κ2) is 8.50. The van der Waals surface area contributed by atoms with E-state index >= 15 is 0 Å². The highest BCUT2D eigenvalue weighted by atomic mass is 35.5. The van der Waals surface area contributed by atoms with Crippen molar-refractivity contribution < 1.29 is 14.3 Å². The number of rotatable bonds is 4. The fraction of sp³-hybridized carbons (Fsp3) is 0.118. The molecule has 0 aliphatic carbocycles. The molecule has 0 saturated carbocycles. The van der Waals surface area contributed by atoms with Gasteiger partial charge in [-0.3, -0.25) is 4.79 Å². The number of nitrogens with zero attached hydrogens (tertiary/aromatic N) is 1. The van der Waals surface area contributed by atoms with Gasteiger partial charge in [0.25, 0.3) is 5.91 Å². The number of ether oxygens (including phenoxy) is 1. The molecule has 6 nitrogen and oxygen atoms in total. The number of benzene rings is 2. The predicted octanol–water partition coefficient (Wildman–Crippen LogP) is 4.33. The highest BCUT2D eigenvalue weighted by Gasteiger charge is 2.11. The quantitative estimate of drug-likeness (QED) is 0.612. The third-order valence-electron chi connectivity index (χ3n) is 3.21. The van der Waals surface area contributed by atoms with E-state index in [1.807, 2.05) is 0 Å². The first kappa shape index (κ1) is 18.8. The minimum absolute atomic E-state index is 0.265. The number of hydrogen-bond acceptors (Lipinski definition) is 4. The lowest BCUT2D eigenvalue weighted by Gasteiger charge is -2.09. The minimum atomic E-state index is -0.666. The van der Waals surface area contributed by atoms with Crippen LogP contribution in [-0.4, -0.2) is 24.8 Å². The van der Waals surface area contributed by atoms with E-state index in [1.54, 1.807) is 43.3 Å². The Morgan fingerprint density at radius 1 is 1.12 bits per heavy atom. The van der Waals surface area contributed by atoms with Gasteiger partial charge in [-0.2, -0.15) is 5.10 Å². The van der Waals surface area contributed by atoms with E-state index in [4.69, 9.17) is 23.2 Å². The molecule has 2 rings (SSSR count). The molecule has 0 saturated heterocycles. The van der Waals surface area contributed by atoms with Crippen molar-refractivity contribution in [1.29, 1.82) is 0 Å². The number of halogens is 2. The highest BCUT2D eigenvalue weighted by molar-refractivity contribution is 6.37. The van der Waals surface area contributed by atoms with Gasteiger partial charge in [0.05, 0.1) is 23.4 Å². The second-order valence-electron chi connectivity index (χ2n) is 4.96. The molecule has 2 aromatic carbocycles. The van der Waals surface area contributed by atoms with E-state index in [0.29, 0.717) is 22.0 Å². The van der Waals surface area contributed by atoms with E-state index in [2.05, 4.69) is 20.6 Å². The van der Waals surface area contributed by atoms with Crippen molar-refractivity contribution in [3.8, 4) is 0 Å². The molecule has 25 heavy (non-hydrogen) atoms. The summed E-state index contributed by atoms with van der Waals surface area (Å²) in [4.78, 5) is 23.4. The fourth-order valence-electron chi connectivity index (χ4n) is 1.93. The molecule has 2 N–H and O–H groups in total. The summed E-state index contributed by atoms with van der Waals surface area (Å²) in [5.41, 5.74) is 4.38. The third kappa shape index (κ3) is 5.20. The Labute approximate surface area is 154 Å². The topological polar surface area (TPSA) is 79.8 Å². The zero-order chi connectivity index (χ0) is 18.4. The number of nitrogens with one attached hydrogen (secondary N) is 2. The summed E-state index contributed by atoms with van der Waals surface area (Å²) in [5.74, 6) is -0.360. The van der Waals surface area contributed by atoms with Crippen LogP contribution < -0.4 is 10.7 Å². The van der Waals surface area contributed by atoms with E-state index in [9.17, 15) is 9.59 Å². The highest BCUT2D eigenvalue weighted by Crippen LogP contribution is 2.22. The van der Waals surface area contributed by atoms with Gasteiger partial charge < -0.3 is 10.1 Å². The molecule has 0 bridgehead atoms. The lowest BCUT2D eigenvalue weighted by atomic mass is 10.1. The monoisotopic (exact) mass is 379 g/mol. The van der Waals surface area contributed by atoms with Gasteiger partial charge in [0.15, 0.2) is 0 Å². The average molecular weight is 380 g/mol. The zero-order valence-electron chi connectivity index (χ0n) is 13.5. The molecule has 0 spiro atoms. The molecule has 0 fully saturated rings. The van der Waals surface area contributed by atoms with Gasteiger partial charge >= 0.3 is 6.09 Å². The average Bonchev–Trinajstić information content (AvgIpc) is 2.59. The molecule has 0 heterocycles. The van der Waals surface area contributed by atoms with Gasteiger partial charge in [-0.1, -0.05) is 35.3 Å². The molecule has 0 aliphatic heterocycles. The van der Waals surface area contributed by atoms with E-state index in [1.165, 1.54) is 13.2 Å². The summed E-state index contributed by atoms with van der Waals surface area (Å²) in [6, 6.07) is 11.6. The largest absolute Gasteiger partial charge is 0.452 e. The third-order valence-corrected chi connectivity index (χ3v) is 3.76. The van der Waals surface area contributed by atoms with E-state index in [-0.39, 0.29) is 10.9 Å². The van der Waals surface area contributed by atoms with Crippen LogP contribution in [0.3, 0.4) is 0 Å². The van der Waals surface area contributed by atoms with Crippen LogP contribution in [0.15, 0.2) is 47.6 Å². The van der Waals surface area contributed by atoms with Crippen LogP contribution in [0, 0.1) is 0 Å². The first-order valence-corrected chi connectivity index (χ1v) is 7.91. The van der Waals surface area contributed by atoms with Crippen LogP contribution in [0.4, 0.5) is 10.5 Å². The van der Waals surface area contributed by atoms with Gasteiger partial charge in [0.2, 0.25) is 0 Å². The van der Waals surface area contributed by atoms with Crippen LogP contribution in [0.25, 0.3) is 0 Å². The van der Waals surface area contributed by atoms with Gasteiger partial charge in [0, 0.05) is 10.7 Å². The number of hydrazone groups is 1. The lowest BCUT2D eigenvalue weighted by molar-refractivity contribution is 0.102. The maximum atomic E-state index is 12.3. The normalized spacial score (nSPS) is 11.0. The first-order chi connectivity index (χ1) is 11.9. The molecule has 0 aliphatic rings. The molecule has 0 unspecified atom stereocenters. The Hall–Kier alpha value is -2.57. The lowest BCUT2D eigenvalue weighted by Crippen LogP contribution is -2.18. The summed E-state index contributed by atoms with van der Waals surface area (Å²) in [5, 5.41) is 7.38. The maximum Gasteiger partial charge on any atom is 0.427 e. The zero-order valence-corrected chi connectivity index (χ0v) is 15.0. The summed E-state index contributed by atoms with van der Waals surface area (Å²) in [7, 11) is 1.25. The summed E-state index contributed by atoms with van der Waals surface area (Å²) >= 11 is 11.9. The SMILES string of the molecule is COC(=O)N/N=C(\C)c1cccc(NC(=O)c2ccc(Cl)cc2Cl)c1. The van der Waals surface area contributed by atoms with Crippen LogP contribution in [0.1, 0.15) is 22.8 Å². The second-order valence-corrected chi connectivity index (χ2v) is 5.80. The number of carbonyl (C=O) groups excluding carboxylic acids is 2. The maximum absolute atomic E-state index is 12.3. The van der Waals surface area contributed by atoms with Crippen molar-refractivity contribution in [2.75, 3.05) is 12.4 Å². The van der Waals surface area contributed by atoms with Crippen molar-refractivity contribution in [3.63, 3.8) is 0 Å². The molecule has 130 valence electrons. The predicted molar refractivity (Wildman–Crippen MR) is 98.6 cm³/mol. The van der Waals surface area contributed by atoms with E-state index in [0.717, 1.165) is 5.56 Å². The Kier molecular flexibility index (Phi) is 6.38. The minimum Gasteiger partial charge on any atom is -0.452 e. The van der Waals surface area contributed by atoms with Crippen molar-refractivity contribution in [2.24, 2.45) is 5.10 Å². The molecular weight excluding hydrogens is 365 g/mol. The van der Waals surface area contributed by atoms with Crippen molar-refractivity contribution in [2.45, 2.75) is 6.92 Å². The number of anilines is 1. The Balaban J connectivity index is 2.15. The van der Waals surface area contributed by atoms with Crippen molar-refractivity contribution in [1.82, 2.24) is 5.43 Å². The number of methoxy groups -OCH3 is 1. The fourth-order valence-corrected chi connectivity index (χ4v) is 2.43. The Bertz CT molecular complexity index is 838. The van der Waals surface area contributed by atoms with Gasteiger partial charge in [0.1, 0.15) is 0 Å². The molecular formula is C17H15Cl2N3O3. The Morgan fingerprint density at radius 3 is 2.56 bits per heavy atom. The molecule has 0 atom stereocenters. The van der Waals surface area contributed by atoms with Crippen LogP contribution >= 0.6 is 23.2 Å². The smallest absolute Gasteiger partial charge is 0.427 e. The summed E-state index contributed by atoms with van der Waals surface area (Å²) in [6.45, 7) is 1.72. The molecule has 0 radical (unpaired) electrons. The van der Waals surface area contributed by atoms with Gasteiger partial charge in [-0.05, 0) is 42.8 Å². The van der Waals surface area contributed by atoms with Crippen molar-refractivity contribution in [3.05, 3.63) is 63.6 Å². The summed E-state index contributed by atoms with van der Waals surface area (Å²) in [6.07, 6.45) is -0.666. The van der Waals surface area contributed by atoms with Crippen LogP contribution in [0.5, 0.6) is 0 Å². The molecule has 2 aromatic rings. The molecule has 8 heteroatoms. The Morgan fingerprint density at radius 2 is 1.88 bits per heavy atom. The van der Waals surface area contributed by atoms with E-state index < -0.39 is 6.09 Å². The molecule has 0 aromatic heterocycles. The van der Waals surface area contributed by atoms with Crippen LogP contribution in [-0.2, 0) is 4.74 Å². The summed E-state index contributed by atoms with van der Waals surface area (Å²) < 4.78 is 4.45. The first-order valence-electron chi connectivity index (χ1n) is 7.16. The van der Waals surface area contributed by atoms with Crippen molar-refractivity contribution >= 4 is 46.6 Å². The van der Waals surface area contributed by atoms with Gasteiger partial charge in [-0.25, -0.2) is 10.2 Å². The number of amides is 2.